The summed E-state index contributed by atoms with van der Waals surface area (Å²) in [5.74, 6) is 0.623. The van der Waals surface area contributed by atoms with Crippen molar-refractivity contribution in [3.8, 4) is 0 Å². The van der Waals surface area contributed by atoms with E-state index in [9.17, 15) is 13.2 Å². The minimum absolute atomic E-state index is 0. The first kappa shape index (κ1) is 21.3. The van der Waals surface area contributed by atoms with E-state index in [4.69, 9.17) is 0 Å². The van der Waals surface area contributed by atoms with Crippen LogP contribution in [0.15, 0.2) is 48.0 Å². The molecule has 138 valence electrons. The van der Waals surface area contributed by atoms with Crippen LogP contribution in [0.5, 0.6) is 0 Å². The number of nitrogens with one attached hydrogen (secondary N) is 2. The third-order valence-corrected chi connectivity index (χ3v) is 3.27. The summed E-state index contributed by atoms with van der Waals surface area (Å²) < 4.78 is 39.5. The van der Waals surface area contributed by atoms with Gasteiger partial charge in [0.15, 0.2) is 5.96 Å². The van der Waals surface area contributed by atoms with Gasteiger partial charge in [-0.15, -0.1) is 24.0 Å². The summed E-state index contributed by atoms with van der Waals surface area (Å²) in [7, 11) is 0. The lowest BCUT2D eigenvalue weighted by Gasteiger charge is -2.12. The van der Waals surface area contributed by atoms with Gasteiger partial charge < -0.3 is 15.2 Å². The minimum Gasteiger partial charge on any atom is -0.357 e. The molecule has 5 nitrogen and oxygen atoms in total. The Balaban J connectivity index is 0.00000312. The molecule has 0 radical (unpaired) electrons. The highest BCUT2D eigenvalue weighted by atomic mass is 127. The van der Waals surface area contributed by atoms with Gasteiger partial charge in [0.25, 0.3) is 0 Å². The average Bonchev–Trinajstić information content (AvgIpc) is 3.05. The van der Waals surface area contributed by atoms with Crippen LogP contribution in [-0.4, -0.2) is 28.6 Å². The first-order valence-electron chi connectivity index (χ1n) is 7.63. The maximum absolute atomic E-state index is 12.5. The molecule has 0 fully saturated rings. The van der Waals surface area contributed by atoms with Gasteiger partial charge in [0, 0.05) is 32.0 Å². The number of imidazole rings is 1. The summed E-state index contributed by atoms with van der Waals surface area (Å²) >= 11 is 0. The van der Waals surface area contributed by atoms with Gasteiger partial charge in [-0.2, -0.15) is 13.2 Å². The summed E-state index contributed by atoms with van der Waals surface area (Å²) in [6, 6.07) is 5.04. The van der Waals surface area contributed by atoms with Crippen LogP contribution < -0.4 is 10.6 Å². The smallest absolute Gasteiger partial charge is 0.357 e. The zero-order chi connectivity index (χ0) is 17.4. The van der Waals surface area contributed by atoms with Gasteiger partial charge in [0.2, 0.25) is 0 Å². The van der Waals surface area contributed by atoms with Crippen molar-refractivity contribution in [3.05, 3.63) is 54.1 Å². The second-order valence-electron chi connectivity index (χ2n) is 5.12. The molecular weight excluding hydrogens is 446 g/mol. The molecule has 0 unspecified atom stereocenters. The second-order valence-corrected chi connectivity index (χ2v) is 5.12. The Morgan fingerprint density at radius 1 is 1.20 bits per heavy atom. The van der Waals surface area contributed by atoms with E-state index in [-0.39, 0.29) is 24.0 Å². The van der Waals surface area contributed by atoms with Gasteiger partial charge in [-0.05, 0) is 24.6 Å². The summed E-state index contributed by atoms with van der Waals surface area (Å²) in [5, 5.41) is 6.28. The first-order valence-corrected chi connectivity index (χ1v) is 7.63. The Labute approximate surface area is 161 Å². The van der Waals surface area contributed by atoms with E-state index in [1.807, 2.05) is 17.7 Å². The topological polar surface area (TPSA) is 54.2 Å². The fraction of sp³-hybridized carbons (Fsp3) is 0.375. The molecule has 2 N–H and O–H groups in total. The quantitative estimate of drug-likeness (QED) is 0.390. The molecule has 2 rings (SSSR count). The molecule has 0 aliphatic carbocycles. The first-order chi connectivity index (χ1) is 11.5. The van der Waals surface area contributed by atoms with Gasteiger partial charge in [0.05, 0.1) is 18.4 Å². The maximum Gasteiger partial charge on any atom is 0.416 e. The molecule has 0 spiro atoms. The summed E-state index contributed by atoms with van der Waals surface area (Å²) in [6.45, 7) is 4.35. The number of aromatic nitrogens is 2. The van der Waals surface area contributed by atoms with Crippen molar-refractivity contribution in [1.82, 2.24) is 20.2 Å². The van der Waals surface area contributed by atoms with Crippen LogP contribution in [0, 0.1) is 0 Å². The Morgan fingerprint density at radius 3 is 2.48 bits per heavy atom. The van der Waals surface area contributed by atoms with Crippen LogP contribution in [-0.2, 0) is 19.3 Å². The van der Waals surface area contributed by atoms with E-state index in [1.165, 1.54) is 12.1 Å². The molecule has 0 aliphatic heterocycles. The number of nitrogens with zero attached hydrogens (tertiary/aromatic N) is 3. The predicted molar refractivity (Wildman–Crippen MR) is 102 cm³/mol. The third kappa shape index (κ3) is 7.32. The molecule has 9 heteroatoms. The van der Waals surface area contributed by atoms with E-state index in [0.29, 0.717) is 25.6 Å². The van der Waals surface area contributed by atoms with Crippen LogP contribution in [0.3, 0.4) is 0 Å². The molecule has 0 bridgehead atoms. The van der Waals surface area contributed by atoms with E-state index < -0.39 is 11.7 Å². The van der Waals surface area contributed by atoms with Gasteiger partial charge in [0.1, 0.15) is 0 Å². The molecule has 0 atom stereocenters. The van der Waals surface area contributed by atoms with Crippen LogP contribution in [0.4, 0.5) is 13.2 Å². The van der Waals surface area contributed by atoms with Gasteiger partial charge in [-0.1, -0.05) is 12.1 Å². The van der Waals surface area contributed by atoms with E-state index in [2.05, 4.69) is 20.6 Å². The Bertz CT molecular complexity index is 639. The highest BCUT2D eigenvalue weighted by molar-refractivity contribution is 14.0. The number of guanidine groups is 1. The molecule has 0 amide bonds. The minimum atomic E-state index is -4.31. The SMILES string of the molecule is CCNC(=NCc1ccc(C(F)(F)F)cc1)NCCn1ccnc1.I. The molecule has 1 aromatic heterocycles. The second kappa shape index (κ2) is 10.3. The molecule has 1 aromatic carbocycles. The molecule has 0 saturated heterocycles. The largest absolute Gasteiger partial charge is 0.416 e. The highest BCUT2D eigenvalue weighted by Gasteiger charge is 2.29. The van der Waals surface area contributed by atoms with Crippen molar-refractivity contribution >= 4 is 29.9 Å². The molecule has 0 saturated carbocycles. The number of halogens is 4. The number of alkyl halides is 3. The van der Waals surface area contributed by atoms with Gasteiger partial charge in [-0.25, -0.2) is 9.98 Å². The molecule has 1 heterocycles. The van der Waals surface area contributed by atoms with E-state index in [0.717, 1.165) is 24.2 Å². The zero-order valence-corrected chi connectivity index (χ0v) is 16.1. The van der Waals surface area contributed by atoms with Gasteiger partial charge in [-0.3, -0.25) is 0 Å². The van der Waals surface area contributed by atoms with Crippen molar-refractivity contribution in [2.24, 2.45) is 4.99 Å². The lowest BCUT2D eigenvalue weighted by molar-refractivity contribution is -0.137. The van der Waals surface area contributed by atoms with Crippen molar-refractivity contribution in [1.29, 1.82) is 0 Å². The van der Waals surface area contributed by atoms with Crippen molar-refractivity contribution in [3.63, 3.8) is 0 Å². The Hall–Kier alpha value is -1.78. The van der Waals surface area contributed by atoms with Crippen LogP contribution in [0.25, 0.3) is 0 Å². The summed E-state index contributed by atoms with van der Waals surface area (Å²) in [6.07, 6.45) is 0.997. The molecule has 0 aliphatic rings. The van der Waals surface area contributed by atoms with Crippen molar-refractivity contribution in [2.75, 3.05) is 13.1 Å². The lowest BCUT2D eigenvalue weighted by Crippen LogP contribution is -2.38. The van der Waals surface area contributed by atoms with E-state index in [1.54, 1.807) is 12.5 Å². The number of benzene rings is 1. The van der Waals surface area contributed by atoms with E-state index >= 15 is 0 Å². The average molecular weight is 467 g/mol. The zero-order valence-electron chi connectivity index (χ0n) is 13.8. The maximum atomic E-state index is 12.5. The van der Waals surface area contributed by atoms with Crippen LogP contribution in [0.2, 0.25) is 0 Å². The monoisotopic (exact) mass is 467 g/mol. The lowest BCUT2D eigenvalue weighted by atomic mass is 10.1. The van der Waals surface area contributed by atoms with Crippen LogP contribution >= 0.6 is 24.0 Å². The standard InChI is InChI=1S/C16H20F3N5.HI/c1-2-21-15(22-8-10-24-9-7-20-12-24)23-11-13-3-5-14(6-4-13)16(17,18)19;/h3-7,9,12H,2,8,10-11H2,1H3,(H2,21,22,23);1H. The van der Waals surface area contributed by atoms with Crippen molar-refractivity contribution in [2.45, 2.75) is 26.2 Å². The molecule has 2 aromatic rings. The fourth-order valence-corrected chi connectivity index (χ4v) is 2.03. The molecule has 25 heavy (non-hydrogen) atoms. The summed E-state index contributed by atoms with van der Waals surface area (Å²) in [5.41, 5.74) is 0.0652. The predicted octanol–water partition coefficient (Wildman–Crippen LogP) is 3.28. The number of hydrogen-bond acceptors (Lipinski definition) is 2. The highest BCUT2D eigenvalue weighted by Crippen LogP contribution is 2.29. The number of aliphatic imine (C=N–C) groups is 1. The normalized spacial score (nSPS) is 11.8. The van der Waals surface area contributed by atoms with Gasteiger partial charge >= 0.3 is 6.18 Å². The third-order valence-electron chi connectivity index (χ3n) is 3.27. The van der Waals surface area contributed by atoms with Crippen molar-refractivity contribution < 1.29 is 13.2 Å². The number of rotatable bonds is 6. The fourth-order valence-electron chi connectivity index (χ4n) is 2.03. The Kier molecular flexibility index (Phi) is 8.73. The Morgan fingerprint density at radius 2 is 1.92 bits per heavy atom. The van der Waals surface area contributed by atoms with Crippen LogP contribution in [0.1, 0.15) is 18.1 Å². The number of hydrogen-bond donors (Lipinski definition) is 2. The summed E-state index contributed by atoms with van der Waals surface area (Å²) in [4.78, 5) is 8.35. The molecular formula is C16H21F3IN5.